The summed E-state index contributed by atoms with van der Waals surface area (Å²) in [5.41, 5.74) is 0. The molecule has 2 N–H and O–H groups in total. The van der Waals surface area contributed by atoms with E-state index in [1.165, 1.54) is 25.7 Å². The SMILES string of the molecule is CNc1nccc(NC2CCCC2)n1. The van der Waals surface area contributed by atoms with Gasteiger partial charge in [0.2, 0.25) is 5.95 Å². The average Bonchev–Trinajstić information content (AvgIpc) is 2.71. The van der Waals surface area contributed by atoms with Crippen LogP contribution in [-0.4, -0.2) is 23.1 Å². The molecule has 0 aromatic carbocycles. The van der Waals surface area contributed by atoms with Crippen molar-refractivity contribution in [1.82, 2.24) is 9.97 Å². The lowest BCUT2D eigenvalue weighted by Gasteiger charge is -2.12. The molecule has 1 fully saturated rings. The van der Waals surface area contributed by atoms with Gasteiger partial charge in [-0.05, 0) is 18.9 Å². The minimum atomic E-state index is 0.606. The number of anilines is 2. The number of nitrogens with one attached hydrogen (secondary N) is 2. The van der Waals surface area contributed by atoms with Crippen LogP contribution in [-0.2, 0) is 0 Å². The fraction of sp³-hybridized carbons (Fsp3) is 0.600. The van der Waals surface area contributed by atoms with Crippen molar-refractivity contribution in [3.63, 3.8) is 0 Å². The molecule has 76 valence electrons. The summed E-state index contributed by atoms with van der Waals surface area (Å²) in [7, 11) is 1.83. The van der Waals surface area contributed by atoms with Crippen molar-refractivity contribution in [2.24, 2.45) is 0 Å². The minimum Gasteiger partial charge on any atom is -0.367 e. The Bertz CT molecular complexity index is 294. The first kappa shape index (κ1) is 9.24. The standard InChI is InChI=1S/C10H16N4/c1-11-10-12-7-6-9(14-10)13-8-4-2-3-5-8/h6-8H,2-5H2,1H3,(H2,11,12,13,14). The molecule has 1 saturated carbocycles. The van der Waals surface area contributed by atoms with E-state index in [2.05, 4.69) is 20.6 Å². The van der Waals surface area contributed by atoms with Gasteiger partial charge in [-0.1, -0.05) is 12.8 Å². The highest BCUT2D eigenvalue weighted by molar-refractivity contribution is 5.40. The van der Waals surface area contributed by atoms with E-state index in [-0.39, 0.29) is 0 Å². The van der Waals surface area contributed by atoms with Crippen LogP contribution in [0, 0.1) is 0 Å². The first-order valence-corrected chi connectivity index (χ1v) is 5.16. The van der Waals surface area contributed by atoms with Crippen LogP contribution in [0.1, 0.15) is 25.7 Å². The fourth-order valence-electron chi connectivity index (χ4n) is 1.84. The summed E-state index contributed by atoms with van der Waals surface area (Å²) in [6.45, 7) is 0. The number of nitrogens with zero attached hydrogens (tertiary/aromatic N) is 2. The van der Waals surface area contributed by atoms with Gasteiger partial charge in [-0.15, -0.1) is 0 Å². The van der Waals surface area contributed by atoms with Crippen molar-refractivity contribution >= 4 is 11.8 Å². The molecule has 0 radical (unpaired) electrons. The number of aromatic nitrogens is 2. The summed E-state index contributed by atoms with van der Waals surface area (Å²) in [4.78, 5) is 8.39. The molecule has 1 aliphatic rings. The van der Waals surface area contributed by atoms with Crippen LogP contribution in [0.15, 0.2) is 12.3 Å². The van der Waals surface area contributed by atoms with Gasteiger partial charge < -0.3 is 10.6 Å². The Hall–Kier alpha value is -1.32. The predicted molar refractivity (Wildman–Crippen MR) is 57.5 cm³/mol. The van der Waals surface area contributed by atoms with Crippen LogP contribution < -0.4 is 10.6 Å². The van der Waals surface area contributed by atoms with E-state index >= 15 is 0 Å². The molecule has 4 heteroatoms. The van der Waals surface area contributed by atoms with Gasteiger partial charge in [0.1, 0.15) is 5.82 Å². The Morgan fingerprint density at radius 2 is 2.14 bits per heavy atom. The normalized spacial score (nSPS) is 16.9. The summed E-state index contributed by atoms with van der Waals surface area (Å²) in [6.07, 6.45) is 6.97. The lowest BCUT2D eigenvalue weighted by atomic mass is 10.2. The van der Waals surface area contributed by atoms with E-state index in [1.54, 1.807) is 6.20 Å². The van der Waals surface area contributed by atoms with Crippen molar-refractivity contribution in [3.8, 4) is 0 Å². The van der Waals surface area contributed by atoms with Gasteiger partial charge in [0.15, 0.2) is 0 Å². The zero-order valence-corrected chi connectivity index (χ0v) is 8.45. The molecule has 0 unspecified atom stereocenters. The van der Waals surface area contributed by atoms with Crippen molar-refractivity contribution < 1.29 is 0 Å². The van der Waals surface area contributed by atoms with Crippen molar-refractivity contribution in [1.29, 1.82) is 0 Å². The minimum absolute atomic E-state index is 0.606. The molecule has 1 aromatic heterocycles. The van der Waals surface area contributed by atoms with Crippen LogP contribution in [0.3, 0.4) is 0 Å². The predicted octanol–water partition coefficient (Wildman–Crippen LogP) is 1.87. The van der Waals surface area contributed by atoms with Gasteiger partial charge in [-0.25, -0.2) is 4.98 Å². The van der Waals surface area contributed by atoms with Crippen molar-refractivity contribution in [2.75, 3.05) is 17.7 Å². The molecule has 1 heterocycles. The molecule has 0 saturated heterocycles. The third kappa shape index (κ3) is 2.13. The zero-order chi connectivity index (χ0) is 9.80. The highest BCUT2D eigenvalue weighted by Gasteiger charge is 2.14. The van der Waals surface area contributed by atoms with Gasteiger partial charge in [0.25, 0.3) is 0 Å². The fourth-order valence-corrected chi connectivity index (χ4v) is 1.84. The maximum absolute atomic E-state index is 4.32. The van der Waals surface area contributed by atoms with E-state index in [9.17, 15) is 0 Å². The van der Waals surface area contributed by atoms with E-state index in [1.807, 2.05) is 13.1 Å². The summed E-state index contributed by atoms with van der Waals surface area (Å²) in [5, 5.41) is 6.35. The van der Waals surface area contributed by atoms with Gasteiger partial charge in [0.05, 0.1) is 0 Å². The quantitative estimate of drug-likeness (QED) is 0.767. The average molecular weight is 192 g/mol. The van der Waals surface area contributed by atoms with Crippen LogP contribution >= 0.6 is 0 Å². The smallest absolute Gasteiger partial charge is 0.224 e. The Kier molecular flexibility index (Phi) is 2.81. The molecular weight excluding hydrogens is 176 g/mol. The van der Waals surface area contributed by atoms with Gasteiger partial charge in [-0.3, -0.25) is 0 Å². The molecule has 2 rings (SSSR count). The molecule has 1 aromatic rings. The second-order valence-corrected chi connectivity index (χ2v) is 3.64. The van der Waals surface area contributed by atoms with Crippen molar-refractivity contribution in [2.45, 2.75) is 31.7 Å². The molecule has 0 atom stereocenters. The number of hydrogen-bond donors (Lipinski definition) is 2. The van der Waals surface area contributed by atoms with Gasteiger partial charge in [0, 0.05) is 19.3 Å². The molecule has 0 amide bonds. The zero-order valence-electron chi connectivity index (χ0n) is 8.45. The lowest BCUT2D eigenvalue weighted by Crippen LogP contribution is -2.15. The summed E-state index contributed by atoms with van der Waals surface area (Å²) in [5.74, 6) is 1.60. The highest BCUT2D eigenvalue weighted by atomic mass is 15.1. The first-order valence-electron chi connectivity index (χ1n) is 5.16. The molecule has 0 spiro atoms. The van der Waals surface area contributed by atoms with E-state index in [0.717, 1.165) is 5.82 Å². The number of rotatable bonds is 3. The summed E-state index contributed by atoms with van der Waals surface area (Å²) in [6, 6.07) is 2.52. The highest BCUT2D eigenvalue weighted by Crippen LogP contribution is 2.21. The van der Waals surface area contributed by atoms with Crippen LogP contribution in [0.4, 0.5) is 11.8 Å². The number of hydrogen-bond acceptors (Lipinski definition) is 4. The van der Waals surface area contributed by atoms with Crippen molar-refractivity contribution in [3.05, 3.63) is 12.3 Å². The topological polar surface area (TPSA) is 49.8 Å². The summed E-state index contributed by atoms with van der Waals surface area (Å²) < 4.78 is 0. The third-order valence-electron chi connectivity index (χ3n) is 2.59. The molecular formula is C10H16N4. The van der Waals surface area contributed by atoms with E-state index in [4.69, 9.17) is 0 Å². The summed E-state index contributed by atoms with van der Waals surface area (Å²) >= 11 is 0. The maximum Gasteiger partial charge on any atom is 0.224 e. The molecule has 1 aliphatic carbocycles. The molecule has 14 heavy (non-hydrogen) atoms. The van der Waals surface area contributed by atoms with Crippen LogP contribution in [0.2, 0.25) is 0 Å². The van der Waals surface area contributed by atoms with Crippen LogP contribution in [0.5, 0.6) is 0 Å². The first-order chi connectivity index (χ1) is 6.88. The molecule has 0 bridgehead atoms. The Labute approximate surface area is 84.2 Å². The Morgan fingerprint density at radius 3 is 2.86 bits per heavy atom. The van der Waals surface area contributed by atoms with E-state index in [0.29, 0.717) is 12.0 Å². The largest absolute Gasteiger partial charge is 0.367 e. The lowest BCUT2D eigenvalue weighted by molar-refractivity contribution is 0.750. The Morgan fingerprint density at radius 1 is 1.36 bits per heavy atom. The third-order valence-corrected chi connectivity index (χ3v) is 2.59. The Balaban J connectivity index is 2.00. The van der Waals surface area contributed by atoms with E-state index < -0.39 is 0 Å². The second-order valence-electron chi connectivity index (χ2n) is 3.64. The second kappa shape index (κ2) is 4.26. The van der Waals surface area contributed by atoms with Crippen LogP contribution in [0.25, 0.3) is 0 Å². The monoisotopic (exact) mass is 192 g/mol. The van der Waals surface area contributed by atoms with Gasteiger partial charge >= 0.3 is 0 Å². The van der Waals surface area contributed by atoms with Gasteiger partial charge in [-0.2, -0.15) is 4.98 Å². The molecule has 0 aliphatic heterocycles. The molecule has 4 nitrogen and oxygen atoms in total. The maximum atomic E-state index is 4.32.